The van der Waals surface area contributed by atoms with Crippen LogP contribution in [0.1, 0.15) is 31.3 Å². The van der Waals surface area contributed by atoms with Gasteiger partial charge in [0.05, 0.1) is 12.6 Å². The summed E-state index contributed by atoms with van der Waals surface area (Å²) >= 11 is 0. The SMILES string of the molecule is CCN1CCN(CC#CCOC2CCN(c3cc(C)nc(C)n3)CC2)CC1. The van der Waals surface area contributed by atoms with Crippen molar-refractivity contribution in [1.82, 2.24) is 19.8 Å². The van der Waals surface area contributed by atoms with Crippen molar-refractivity contribution in [2.24, 2.45) is 0 Å². The number of piperidine rings is 1. The number of nitrogens with zero attached hydrogens (tertiary/aromatic N) is 5. The van der Waals surface area contributed by atoms with Crippen LogP contribution in [0.5, 0.6) is 0 Å². The van der Waals surface area contributed by atoms with E-state index in [9.17, 15) is 0 Å². The molecule has 0 N–H and O–H groups in total. The van der Waals surface area contributed by atoms with E-state index in [0.717, 1.165) is 69.4 Å². The third-order valence-corrected chi connectivity index (χ3v) is 5.45. The number of anilines is 1. The molecule has 3 heterocycles. The number of likely N-dealkylation sites (N-methyl/N-ethyl adjacent to an activating group) is 1. The predicted octanol–water partition coefficient (Wildman–Crippen LogP) is 1.72. The molecule has 0 aliphatic carbocycles. The zero-order valence-corrected chi connectivity index (χ0v) is 17.1. The lowest BCUT2D eigenvalue weighted by Crippen LogP contribution is -2.46. The standard InChI is InChI=1S/C21H33N5O/c1-4-24-12-14-25(15-13-24)9-5-6-16-27-20-7-10-26(11-8-20)21-17-18(2)22-19(3)23-21/h17,20H,4,7-16H2,1-3H3. The highest BCUT2D eigenvalue weighted by Crippen LogP contribution is 2.20. The van der Waals surface area contributed by atoms with Crippen molar-refractivity contribution in [2.75, 3.05) is 63.9 Å². The van der Waals surface area contributed by atoms with Crippen molar-refractivity contribution in [3.8, 4) is 11.8 Å². The minimum atomic E-state index is 0.313. The van der Waals surface area contributed by atoms with Crippen LogP contribution in [-0.4, -0.2) is 84.8 Å². The molecule has 2 saturated heterocycles. The number of rotatable bonds is 5. The monoisotopic (exact) mass is 371 g/mol. The topological polar surface area (TPSA) is 44.7 Å². The number of hydrogen-bond donors (Lipinski definition) is 0. The van der Waals surface area contributed by atoms with Crippen molar-refractivity contribution in [2.45, 2.75) is 39.7 Å². The van der Waals surface area contributed by atoms with Crippen LogP contribution in [0.15, 0.2) is 6.07 Å². The summed E-state index contributed by atoms with van der Waals surface area (Å²) in [6, 6.07) is 2.07. The Morgan fingerprint density at radius 2 is 1.70 bits per heavy atom. The van der Waals surface area contributed by atoms with Gasteiger partial charge in [-0.15, -0.1) is 0 Å². The molecule has 1 aromatic heterocycles. The van der Waals surface area contributed by atoms with Gasteiger partial charge in [-0.05, 0) is 33.2 Å². The van der Waals surface area contributed by atoms with Crippen LogP contribution >= 0.6 is 0 Å². The van der Waals surface area contributed by atoms with E-state index in [-0.39, 0.29) is 0 Å². The smallest absolute Gasteiger partial charge is 0.132 e. The Morgan fingerprint density at radius 1 is 1.00 bits per heavy atom. The van der Waals surface area contributed by atoms with E-state index in [0.29, 0.717) is 12.7 Å². The zero-order chi connectivity index (χ0) is 19.1. The van der Waals surface area contributed by atoms with Crippen molar-refractivity contribution >= 4 is 5.82 Å². The summed E-state index contributed by atoms with van der Waals surface area (Å²) in [6.07, 6.45) is 2.37. The first-order chi connectivity index (χ1) is 13.1. The van der Waals surface area contributed by atoms with E-state index < -0.39 is 0 Å². The maximum Gasteiger partial charge on any atom is 0.132 e. The summed E-state index contributed by atoms with van der Waals surface area (Å²) in [4.78, 5) is 16.2. The average Bonchev–Trinajstić information content (AvgIpc) is 2.68. The summed E-state index contributed by atoms with van der Waals surface area (Å²) in [5.74, 6) is 8.37. The van der Waals surface area contributed by atoms with Crippen LogP contribution < -0.4 is 4.90 Å². The van der Waals surface area contributed by atoms with Crippen molar-refractivity contribution in [3.05, 3.63) is 17.6 Å². The molecule has 0 atom stereocenters. The highest BCUT2D eigenvalue weighted by Gasteiger charge is 2.21. The lowest BCUT2D eigenvalue weighted by molar-refractivity contribution is 0.0593. The number of piperazine rings is 1. The third-order valence-electron chi connectivity index (χ3n) is 5.45. The summed E-state index contributed by atoms with van der Waals surface area (Å²) in [5.41, 5.74) is 1.03. The van der Waals surface area contributed by atoms with E-state index in [1.807, 2.05) is 13.8 Å². The van der Waals surface area contributed by atoms with E-state index in [1.54, 1.807) is 0 Å². The molecule has 2 fully saturated rings. The van der Waals surface area contributed by atoms with Gasteiger partial charge in [0.2, 0.25) is 0 Å². The Kier molecular flexibility index (Phi) is 7.45. The van der Waals surface area contributed by atoms with Crippen LogP contribution in [0.2, 0.25) is 0 Å². The van der Waals surface area contributed by atoms with Gasteiger partial charge in [0.25, 0.3) is 0 Å². The summed E-state index contributed by atoms with van der Waals surface area (Å²) in [6.45, 7) is 15.3. The fourth-order valence-electron chi connectivity index (χ4n) is 3.75. The highest BCUT2D eigenvalue weighted by atomic mass is 16.5. The van der Waals surface area contributed by atoms with Gasteiger partial charge in [-0.25, -0.2) is 9.97 Å². The molecule has 2 aliphatic rings. The quantitative estimate of drug-likeness (QED) is 0.735. The van der Waals surface area contributed by atoms with Crippen molar-refractivity contribution < 1.29 is 4.74 Å². The highest BCUT2D eigenvalue weighted by molar-refractivity contribution is 5.40. The minimum Gasteiger partial charge on any atom is -0.365 e. The van der Waals surface area contributed by atoms with Gasteiger partial charge in [0.1, 0.15) is 18.2 Å². The van der Waals surface area contributed by atoms with Crippen LogP contribution in [0.4, 0.5) is 5.82 Å². The van der Waals surface area contributed by atoms with Crippen LogP contribution in [0.3, 0.4) is 0 Å². The molecule has 0 spiro atoms. The largest absolute Gasteiger partial charge is 0.365 e. The normalized spacial score (nSPS) is 19.7. The zero-order valence-electron chi connectivity index (χ0n) is 17.1. The molecular weight excluding hydrogens is 338 g/mol. The van der Waals surface area contributed by atoms with Crippen LogP contribution in [-0.2, 0) is 4.74 Å². The Hall–Kier alpha value is -1.68. The molecule has 0 unspecified atom stereocenters. The first-order valence-corrected chi connectivity index (χ1v) is 10.2. The number of aryl methyl sites for hydroxylation is 2. The van der Waals surface area contributed by atoms with E-state index >= 15 is 0 Å². The first kappa shape index (κ1) is 20.1. The predicted molar refractivity (Wildman–Crippen MR) is 109 cm³/mol. The Balaban J connectivity index is 1.33. The molecule has 6 heteroatoms. The molecule has 3 rings (SSSR count). The molecule has 6 nitrogen and oxygen atoms in total. The van der Waals surface area contributed by atoms with E-state index in [4.69, 9.17) is 4.74 Å². The lowest BCUT2D eigenvalue weighted by atomic mass is 10.1. The molecule has 0 saturated carbocycles. The Bertz CT molecular complexity index is 632. The second-order valence-electron chi connectivity index (χ2n) is 7.48. The molecule has 2 aliphatic heterocycles. The lowest BCUT2D eigenvalue weighted by Gasteiger charge is -2.33. The fourth-order valence-corrected chi connectivity index (χ4v) is 3.75. The molecule has 27 heavy (non-hydrogen) atoms. The summed E-state index contributed by atoms with van der Waals surface area (Å²) in [7, 11) is 0. The van der Waals surface area contributed by atoms with Gasteiger partial charge in [-0.1, -0.05) is 18.8 Å². The molecule has 0 aromatic carbocycles. The third kappa shape index (κ3) is 6.17. The summed E-state index contributed by atoms with van der Waals surface area (Å²) < 4.78 is 5.98. The Labute approximate surface area is 163 Å². The molecule has 148 valence electrons. The molecule has 0 bridgehead atoms. The van der Waals surface area contributed by atoms with Gasteiger partial charge in [-0.3, -0.25) is 4.90 Å². The van der Waals surface area contributed by atoms with Gasteiger partial charge < -0.3 is 14.5 Å². The van der Waals surface area contributed by atoms with Crippen molar-refractivity contribution in [1.29, 1.82) is 0 Å². The van der Waals surface area contributed by atoms with E-state index in [1.165, 1.54) is 13.1 Å². The fraction of sp³-hybridized carbons (Fsp3) is 0.714. The number of aromatic nitrogens is 2. The van der Waals surface area contributed by atoms with Gasteiger partial charge in [0.15, 0.2) is 0 Å². The second kappa shape index (κ2) is 10.0. The Morgan fingerprint density at radius 3 is 2.37 bits per heavy atom. The molecular formula is C21H33N5O. The maximum absolute atomic E-state index is 5.98. The summed E-state index contributed by atoms with van der Waals surface area (Å²) in [5, 5.41) is 0. The minimum absolute atomic E-state index is 0.313. The second-order valence-corrected chi connectivity index (χ2v) is 7.48. The molecule has 0 amide bonds. The van der Waals surface area contributed by atoms with Crippen molar-refractivity contribution in [3.63, 3.8) is 0 Å². The van der Waals surface area contributed by atoms with Gasteiger partial charge in [0, 0.05) is 51.0 Å². The first-order valence-electron chi connectivity index (χ1n) is 10.2. The van der Waals surface area contributed by atoms with Crippen LogP contribution in [0, 0.1) is 25.7 Å². The maximum atomic E-state index is 5.98. The van der Waals surface area contributed by atoms with Gasteiger partial charge in [-0.2, -0.15) is 0 Å². The number of hydrogen-bond acceptors (Lipinski definition) is 6. The molecule has 1 aromatic rings. The average molecular weight is 372 g/mol. The number of ether oxygens (including phenoxy) is 1. The van der Waals surface area contributed by atoms with Gasteiger partial charge >= 0.3 is 0 Å². The van der Waals surface area contributed by atoms with E-state index in [2.05, 4.69) is 49.5 Å². The molecule has 0 radical (unpaired) electrons. The van der Waals surface area contributed by atoms with Crippen LogP contribution in [0.25, 0.3) is 0 Å².